The van der Waals surface area contributed by atoms with Gasteiger partial charge in [-0.3, -0.25) is 4.79 Å². The van der Waals surface area contributed by atoms with Gasteiger partial charge in [-0.05, 0) is 17.7 Å². The van der Waals surface area contributed by atoms with E-state index in [0.717, 1.165) is 11.3 Å². The number of hydrogen-bond donors (Lipinski definition) is 2. The number of benzene rings is 2. The summed E-state index contributed by atoms with van der Waals surface area (Å²) in [5, 5.41) is 12.9. The van der Waals surface area contributed by atoms with Gasteiger partial charge in [0, 0.05) is 5.75 Å². The van der Waals surface area contributed by atoms with Crippen LogP contribution in [0.25, 0.3) is 0 Å². The number of para-hydroxylation sites is 2. The first kappa shape index (κ1) is 17.6. The molecule has 2 aromatic carbocycles. The Morgan fingerprint density at radius 2 is 1.88 bits per heavy atom. The summed E-state index contributed by atoms with van der Waals surface area (Å²) in [5.74, 6) is 2.14. The Kier molecular flexibility index (Phi) is 6.19. The molecule has 0 radical (unpaired) electrons. The largest absolute Gasteiger partial charge is 0.486 e. The third-order valence-electron chi connectivity index (χ3n) is 3.79. The minimum atomic E-state index is -0.564. The Hall–Kier alpha value is -2.18. The maximum absolute atomic E-state index is 11.9. The van der Waals surface area contributed by atoms with Crippen molar-refractivity contribution < 1.29 is 19.4 Å². The van der Waals surface area contributed by atoms with Crippen molar-refractivity contribution in [1.29, 1.82) is 0 Å². The van der Waals surface area contributed by atoms with Crippen LogP contribution in [0.4, 0.5) is 0 Å². The van der Waals surface area contributed by atoms with Crippen molar-refractivity contribution in [3.05, 3.63) is 60.2 Å². The average Bonchev–Trinajstić information content (AvgIpc) is 2.67. The lowest BCUT2D eigenvalue weighted by Crippen LogP contribution is -2.41. The molecular formula is C19H21NO4S. The van der Waals surface area contributed by atoms with Gasteiger partial charge >= 0.3 is 0 Å². The molecule has 25 heavy (non-hydrogen) atoms. The monoisotopic (exact) mass is 359 g/mol. The molecule has 1 amide bonds. The number of hydrogen-bond acceptors (Lipinski definition) is 5. The van der Waals surface area contributed by atoms with E-state index in [1.165, 1.54) is 11.8 Å². The number of nitrogens with one attached hydrogen (secondary N) is 1. The smallest absolute Gasteiger partial charge is 0.230 e. The quantitative estimate of drug-likeness (QED) is 0.795. The van der Waals surface area contributed by atoms with Gasteiger partial charge in [0.25, 0.3) is 0 Å². The predicted molar refractivity (Wildman–Crippen MR) is 98.1 cm³/mol. The number of ether oxygens (including phenoxy) is 2. The fourth-order valence-corrected chi connectivity index (χ4v) is 3.30. The number of thioether (sulfide) groups is 1. The summed E-state index contributed by atoms with van der Waals surface area (Å²) < 4.78 is 11.4. The van der Waals surface area contributed by atoms with E-state index in [4.69, 9.17) is 9.47 Å². The number of amides is 1. The van der Waals surface area contributed by atoms with Crippen LogP contribution in [0.1, 0.15) is 11.7 Å². The van der Waals surface area contributed by atoms with Crippen molar-refractivity contribution >= 4 is 17.7 Å². The molecule has 2 N–H and O–H groups in total. The summed E-state index contributed by atoms with van der Waals surface area (Å²) in [4.78, 5) is 11.9. The molecule has 6 heteroatoms. The molecule has 0 bridgehead atoms. The van der Waals surface area contributed by atoms with Gasteiger partial charge in [0.15, 0.2) is 11.5 Å². The fourth-order valence-electron chi connectivity index (χ4n) is 2.48. The Morgan fingerprint density at radius 1 is 1.16 bits per heavy atom. The third kappa shape index (κ3) is 5.14. The Morgan fingerprint density at radius 3 is 2.68 bits per heavy atom. The maximum atomic E-state index is 11.9. The minimum Gasteiger partial charge on any atom is -0.486 e. The summed E-state index contributed by atoms with van der Waals surface area (Å²) in [5.41, 5.74) is 0.863. The molecule has 0 aliphatic carbocycles. The highest BCUT2D eigenvalue weighted by Gasteiger charge is 2.21. The van der Waals surface area contributed by atoms with Crippen LogP contribution in [-0.2, 0) is 4.79 Å². The Balaban J connectivity index is 1.35. The van der Waals surface area contributed by atoms with Crippen molar-refractivity contribution in [3.63, 3.8) is 0 Å². The van der Waals surface area contributed by atoms with Crippen LogP contribution in [0.3, 0.4) is 0 Å². The van der Waals surface area contributed by atoms with Crippen molar-refractivity contribution in [1.82, 2.24) is 5.32 Å². The van der Waals surface area contributed by atoms with Crippen molar-refractivity contribution in [2.75, 3.05) is 24.7 Å². The molecule has 3 rings (SSSR count). The number of rotatable bonds is 7. The summed E-state index contributed by atoms with van der Waals surface area (Å²) in [6.45, 7) is 0.812. The lowest BCUT2D eigenvalue weighted by molar-refractivity contribution is -0.119. The lowest BCUT2D eigenvalue weighted by Gasteiger charge is -2.26. The molecule has 0 saturated carbocycles. The molecule has 5 nitrogen and oxygen atoms in total. The normalized spacial score (nSPS) is 16.9. The van der Waals surface area contributed by atoms with E-state index in [0.29, 0.717) is 30.4 Å². The zero-order chi connectivity index (χ0) is 17.5. The third-order valence-corrected chi connectivity index (χ3v) is 4.81. The standard InChI is InChI=1S/C19H21NO4S/c21-16(14-6-2-1-3-7-14)12-25-13-19(22)20-10-15-11-23-17-8-4-5-9-18(17)24-15/h1-9,15-16,21H,10-13H2,(H,20,22). The molecule has 132 valence electrons. The van der Waals surface area contributed by atoms with E-state index < -0.39 is 6.10 Å². The first-order valence-electron chi connectivity index (χ1n) is 8.18. The van der Waals surface area contributed by atoms with Crippen molar-refractivity contribution in [2.45, 2.75) is 12.2 Å². The van der Waals surface area contributed by atoms with E-state index in [9.17, 15) is 9.90 Å². The number of aliphatic hydroxyl groups is 1. The molecule has 2 unspecified atom stereocenters. The van der Waals surface area contributed by atoms with Crippen molar-refractivity contribution in [3.8, 4) is 11.5 Å². The van der Waals surface area contributed by atoms with Crippen LogP contribution >= 0.6 is 11.8 Å². The number of carbonyl (C=O) groups is 1. The number of carbonyl (C=O) groups excluding carboxylic acids is 1. The van der Waals surface area contributed by atoms with Crippen LogP contribution in [0.2, 0.25) is 0 Å². The molecule has 0 aromatic heterocycles. The molecule has 2 atom stereocenters. The Bertz CT molecular complexity index is 695. The van der Waals surface area contributed by atoms with E-state index in [1.54, 1.807) is 0 Å². The zero-order valence-corrected chi connectivity index (χ0v) is 14.6. The average molecular weight is 359 g/mol. The van der Waals surface area contributed by atoms with E-state index >= 15 is 0 Å². The van der Waals surface area contributed by atoms with Crippen molar-refractivity contribution in [2.24, 2.45) is 0 Å². The van der Waals surface area contributed by atoms with Gasteiger partial charge < -0.3 is 19.9 Å². The summed E-state index contributed by atoms with van der Waals surface area (Å²) in [6, 6.07) is 16.9. The van der Waals surface area contributed by atoms with Gasteiger partial charge in [0.1, 0.15) is 12.7 Å². The molecular weight excluding hydrogens is 338 g/mol. The molecule has 2 aromatic rings. The first-order valence-corrected chi connectivity index (χ1v) is 9.34. The van der Waals surface area contributed by atoms with E-state index in [2.05, 4.69) is 5.32 Å². The van der Waals surface area contributed by atoms with Gasteiger partial charge in [0.05, 0.1) is 18.4 Å². The van der Waals surface area contributed by atoms with Crippen LogP contribution in [-0.4, -0.2) is 41.8 Å². The number of fused-ring (bicyclic) bond motifs is 1. The van der Waals surface area contributed by atoms with Gasteiger partial charge in [-0.15, -0.1) is 11.8 Å². The van der Waals surface area contributed by atoms with Gasteiger partial charge in [-0.25, -0.2) is 0 Å². The second kappa shape index (κ2) is 8.78. The molecule has 0 fully saturated rings. The summed E-state index contributed by atoms with van der Waals surface area (Å²) in [7, 11) is 0. The van der Waals surface area contributed by atoms with E-state index in [1.807, 2.05) is 54.6 Å². The second-order valence-electron chi connectivity index (χ2n) is 5.74. The molecule has 0 spiro atoms. The number of aliphatic hydroxyl groups excluding tert-OH is 1. The van der Waals surface area contributed by atoms with Crippen LogP contribution in [0.15, 0.2) is 54.6 Å². The van der Waals surface area contributed by atoms with Gasteiger partial charge in [0.2, 0.25) is 5.91 Å². The molecule has 1 heterocycles. The maximum Gasteiger partial charge on any atom is 0.230 e. The lowest BCUT2D eigenvalue weighted by atomic mass is 10.1. The predicted octanol–water partition coefficient (Wildman–Crippen LogP) is 2.41. The SMILES string of the molecule is O=C(CSCC(O)c1ccccc1)NCC1COc2ccccc2O1. The van der Waals surface area contributed by atoms with Crippen LogP contribution in [0, 0.1) is 0 Å². The summed E-state index contributed by atoms with van der Waals surface area (Å²) in [6.07, 6.45) is -0.760. The highest BCUT2D eigenvalue weighted by atomic mass is 32.2. The highest BCUT2D eigenvalue weighted by molar-refractivity contribution is 7.99. The van der Waals surface area contributed by atoms with E-state index in [-0.39, 0.29) is 12.0 Å². The van der Waals surface area contributed by atoms with Gasteiger partial charge in [-0.2, -0.15) is 0 Å². The topological polar surface area (TPSA) is 67.8 Å². The molecule has 0 saturated heterocycles. The van der Waals surface area contributed by atoms with Gasteiger partial charge in [-0.1, -0.05) is 42.5 Å². The highest BCUT2D eigenvalue weighted by Crippen LogP contribution is 2.30. The minimum absolute atomic E-state index is 0.0762. The fraction of sp³-hybridized carbons (Fsp3) is 0.316. The second-order valence-corrected chi connectivity index (χ2v) is 6.77. The Labute approximate surface area is 151 Å². The van der Waals surface area contributed by atoms with Crippen LogP contribution in [0.5, 0.6) is 11.5 Å². The molecule has 1 aliphatic heterocycles. The van der Waals surface area contributed by atoms with Crippen LogP contribution < -0.4 is 14.8 Å². The molecule has 1 aliphatic rings. The zero-order valence-electron chi connectivity index (χ0n) is 13.8. The summed E-state index contributed by atoms with van der Waals surface area (Å²) >= 11 is 1.41. The first-order chi connectivity index (χ1) is 12.2.